The first-order valence-corrected chi connectivity index (χ1v) is 7.98. The Hall–Kier alpha value is -3.22. The van der Waals surface area contributed by atoms with Crippen molar-refractivity contribution in [2.24, 2.45) is 0 Å². The molecule has 1 aromatic carbocycles. The van der Waals surface area contributed by atoms with E-state index in [1.54, 1.807) is 23.7 Å². The topological polar surface area (TPSA) is 82.0 Å². The number of aromatic amines is 1. The normalized spacial score (nSPS) is 13.0. The molecule has 1 N–H and O–H groups in total. The molecule has 3 heterocycles. The summed E-state index contributed by atoms with van der Waals surface area (Å²) in [5, 5.41) is 0. The summed E-state index contributed by atoms with van der Waals surface area (Å²) in [5.41, 5.74) is 1.83. The Labute approximate surface area is 142 Å². The van der Waals surface area contributed by atoms with Gasteiger partial charge >= 0.3 is 5.97 Å². The van der Waals surface area contributed by atoms with Crippen LogP contribution in [0.1, 0.15) is 17.3 Å². The Morgan fingerprint density at radius 1 is 1.20 bits per heavy atom. The second-order valence-electron chi connectivity index (χ2n) is 5.60. The minimum absolute atomic E-state index is 0.282. The monoisotopic (exact) mass is 340 g/mol. The average Bonchev–Trinajstić information content (AvgIpc) is 3.06. The van der Waals surface area contributed by atoms with Crippen LogP contribution in [0.3, 0.4) is 0 Å². The molecular weight excluding hydrogens is 324 g/mol. The molecule has 0 atom stereocenters. The van der Waals surface area contributed by atoms with Crippen LogP contribution in [0.25, 0.3) is 16.8 Å². The lowest BCUT2D eigenvalue weighted by molar-refractivity contribution is 0.0526. The number of hydrogen-bond donors (Lipinski definition) is 1. The number of H-pyrrole nitrogens is 1. The maximum Gasteiger partial charge on any atom is 0.339 e. The number of esters is 1. The molecule has 1 aliphatic rings. The number of hydrogen-bond acceptors (Lipinski definition) is 5. The quantitative estimate of drug-likeness (QED) is 0.740. The Balaban J connectivity index is 1.78. The van der Waals surface area contributed by atoms with Crippen LogP contribution in [0.15, 0.2) is 41.5 Å². The van der Waals surface area contributed by atoms with Crippen molar-refractivity contribution in [2.75, 3.05) is 19.8 Å². The van der Waals surface area contributed by atoms with Gasteiger partial charge in [-0.05, 0) is 31.2 Å². The van der Waals surface area contributed by atoms with E-state index in [0.29, 0.717) is 41.5 Å². The molecule has 0 saturated carbocycles. The van der Waals surface area contributed by atoms with Crippen molar-refractivity contribution in [3.05, 3.63) is 52.6 Å². The summed E-state index contributed by atoms with van der Waals surface area (Å²) in [7, 11) is 0. The van der Waals surface area contributed by atoms with Crippen LogP contribution < -0.4 is 15.0 Å². The van der Waals surface area contributed by atoms with E-state index in [1.807, 2.05) is 18.2 Å². The molecule has 0 fully saturated rings. The number of rotatable bonds is 3. The summed E-state index contributed by atoms with van der Waals surface area (Å²) in [4.78, 5) is 27.1. The van der Waals surface area contributed by atoms with Crippen molar-refractivity contribution in [3.8, 4) is 22.8 Å². The van der Waals surface area contributed by atoms with Crippen molar-refractivity contribution in [1.29, 1.82) is 0 Å². The van der Waals surface area contributed by atoms with Crippen LogP contribution >= 0.6 is 0 Å². The van der Waals surface area contributed by atoms with Crippen molar-refractivity contribution in [1.82, 2.24) is 9.38 Å². The molecule has 0 amide bonds. The third-order valence-electron chi connectivity index (χ3n) is 3.96. The van der Waals surface area contributed by atoms with E-state index in [1.165, 1.54) is 6.07 Å². The second kappa shape index (κ2) is 6.01. The van der Waals surface area contributed by atoms with Gasteiger partial charge in [0.2, 0.25) is 0 Å². The van der Waals surface area contributed by atoms with Crippen molar-refractivity contribution >= 4 is 11.5 Å². The van der Waals surface area contributed by atoms with E-state index >= 15 is 0 Å². The molecular formula is C18H16N2O5. The molecule has 2 aromatic heterocycles. The summed E-state index contributed by atoms with van der Waals surface area (Å²) in [5.74, 6) is 0.875. The molecule has 0 unspecified atom stereocenters. The minimum atomic E-state index is -0.452. The van der Waals surface area contributed by atoms with E-state index < -0.39 is 5.97 Å². The maximum atomic E-state index is 12.4. The van der Waals surface area contributed by atoms with Gasteiger partial charge in [0.05, 0.1) is 17.9 Å². The fourth-order valence-electron chi connectivity index (χ4n) is 2.81. The van der Waals surface area contributed by atoms with Crippen LogP contribution in [-0.4, -0.2) is 35.2 Å². The summed E-state index contributed by atoms with van der Waals surface area (Å²) in [6, 6.07) is 7.00. The molecule has 1 aliphatic heterocycles. The summed E-state index contributed by atoms with van der Waals surface area (Å²) in [6.07, 6.45) is 3.34. The molecule has 7 heteroatoms. The van der Waals surface area contributed by atoms with Crippen LogP contribution in [0.5, 0.6) is 11.5 Å². The van der Waals surface area contributed by atoms with Gasteiger partial charge in [-0.2, -0.15) is 0 Å². The van der Waals surface area contributed by atoms with Crippen molar-refractivity contribution < 1.29 is 19.0 Å². The number of ether oxygens (including phenoxy) is 3. The molecule has 4 rings (SSSR count). The van der Waals surface area contributed by atoms with Gasteiger partial charge in [0, 0.05) is 18.0 Å². The van der Waals surface area contributed by atoms with Crippen LogP contribution in [-0.2, 0) is 4.74 Å². The lowest BCUT2D eigenvalue weighted by Gasteiger charge is -2.18. The first-order chi connectivity index (χ1) is 12.2. The van der Waals surface area contributed by atoms with Gasteiger partial charge in [-0.3, -0.25) is 4.79 Å². The number of carbonyl (C=O) groups is 1. The average molecular weight is 340 g/mol. The lowest BCUT2D eigenvalue weighted by atomic mass is 10.1. The number of benzene rings is 1. The lowest BCUT2D eigenvalue weighted by Crippen LogP contribution is -2.15. The Morgan fingerprint density at radius 2 is 2.00 bits per heavy atom. The Kier molecular flexibility index (Phi) is 3.68. The highest BCUT2D eigenvalue weighted by Gasteiger charge is 2.15. The summed E-state index contributed by atoms with van der Waals surface area (Å²) >= 11 is 0. The number of nitrogens with zero attached hydrogens (tertiary/aromatic N) is 1. The number of nitrogens with one attached hydrogen (secondary N) is 1. The number of aromatic nitrogens is 2. The highest BCUT2D eigenvalue weighted by Crippen LogP contribution is 2.33. The smallest absolute Gasteiger partial charge is 0.339 e. The third kappa shape index (κ3) is 2.73. The van der Waals surface area contributed by atoms with E-state index in [9.17, 15) is 9.59 Å². The fraction of sp³-hybridized carbons (Fsp3) is 0.222. The molecule has 7 nitrogen and oxygen atoms in total. The van der Waals surface area contributed by atoms with Crippen LogP contribution in [0.4, 0.5) is 0 Å². The SMILES string of the molecule is CCOC(=O)c1cc2c(=O)[nH]c(-c3ccc4c(c3)OCCO4)cn2c1. The van der Waals surface area contributed by atoms with Gasteiger partial charge in [0.1, 0.15) is 18.7 Å². The molecule has 0 spiro atoms. The Morgan fingerprint density at radius 3 is 2.80 bits per heavy atom. The molecule has 0 bridgehead atoms. The predicted molar refractivity (Wildman–Crippen MR) is 90.4 cm³/mol. The highest BCUT2D eigenvalue weighted by molar-refractivity contribution is 5.91. The zero-order valence-corrected chi connectivity index (χ0v) is 13.6. The number of fused-ring (bicyclic) bond motifs is 2. The molecule has 128 valence electrons. The first kappa shape index (κ1) is 15.3. The second-order valence-corrected chi connectivity index (χ2v) is 5.60. The largest absolute Gasteiger partial charge is 0.486 e. The van der Waals surface area contributed by atoms with E-state index in [0.717, 1.165) is 5.56 Å². The fourth-order valence-corrected chi connectivity index (χ4v) is 2.81. The zero-order chi connectivity index (χ0) is 17.4. The van der Waals surface area contributed by atoms with Gasteiger partial charge in [0.15, 0.2) is 11.5 Å². The van der Waals surface area contributed by atoms with Crippen LogP contribution in [0.2, 0.25) is 0 Å². The molecule has 25 heavy (non-hydrogen) atoms. The van der Waals surface area contributed by atoms with Crippen molar-refractivity contribution in [2.45, 2.75) is 6.92 Å². The molecule has 0 radical (unpaired) electrons. The molecule has 3 aromatic rings. The van der Waals surface area contributed by atoms with Crippen LogP contribution in [0, 0.1) is 0 Å². The summed E-state index contributed by atoms with van der Waals surface area (Å²) in [6.45, 7) is 3.03. The van der Waals surface area contributed by atoms with Gasteiger partial charge in [-0.15, -0.1) is 0 Å². The zero-order valence-electron chi connectivity index (χ0n) is 13.6. The first-order valence-electron chi connectivity index (χ1n) is 7.98. The molecule has 0 saturated heterocycles. The molecule has 0 aliphatic carbocycles. The van der Waals surface area contributed by atoms with Crippen molar-refractivity contribution in [3.63, 3.8) is 0 Å². The highest BCUT2D eigenvalue weighted by atomic mass is 16.6. The van der Waals surface area contributed by atoms with Gasteiger partial charge in [-0.25, -0.2) is 4.79 Å². The van der Waals surface area contributed by atoms with E-state index in [2.05, 4.69) is 4.98 Å². The number of carbonyl (C=O) groups excluding carboxylic acids is 1. The van der Waals surface area contributed by atoms with Gasteiger partial charge < -0.3 is 23.6 Å². The van der Waals surface area contributed by atoms with Gasteiger partial charge in [0.25, 0.3) is 5.56 Å². The maximum absolute atomic E-state index is 12.4. The summed E-state index contributed by atoms with van der Waals surface area (Å²) < 4.78 is 17.7. The third-order valence-corrected chi connectivity index (χ3v) is 3.96. The standard InChI is InChI=1S/C18H16N2O5/c1-2-23-18(22)12-7-14-17(21)19-13(10-20(14)9-12)11-3-4-15-16(8-11)25-6-5-24-15/h3-4,7-10H,2,5-6H2,1H3,(H,19,21). The predicted octanol–water partition coefficient (Wildman–Crippen LogP) is 2.24. The minimum Gasteiger partial charge on any atom is -0.486 e. The van der Waals surface area contributed by atoms with E-state index in [-0.39, 0.29) is 12.2 Å². The van der Waals surface area contributed by atoms with Gasteiger partial charge in [-0.1, -0.05) is 0 Å². The Bertz CT molecular complexity index is 1020. The van der Waals surface area contributed by atoms with E-state index in [4.69, 9.17) is 14.2 Å².